The number of hydrogen-bond donors (Lipinski definition) is 2. The minimum Gasteiger partial charge on any atom is -0.487 e. The number of aliphatic hydroxyl groups is 2. The number of carbonyl (C=O) groups excluding carboxylic acids is 2. The van der Waals surface area contributed by atoms with Crippen molar-refractivity contribution in [3.05, 3.63) is 63.6 Å². The summed E-state index contributed by atoms with van der Waals surface area (Å²) in [5, 5.41) is 19.4. The maximum atomic E-state index is 12.1. The van der Waals surface area contributed by atoms with Gasteiger partial charge in [-0.2, -0.15) is 0 Å². The number of aldehydes is 1. The highest BCUT2D eigenvalue weighted by molar-refractivity contribution is 9.10. The number of hydrogen-bond acceptors (Lipinski definition) is 6. The monoisotopic (exact) mass is 422 g/mol. The number of aliphatic hydroxyl groups excluding tert-OH is 2. The largest absolute Gasteiger partial charge is 0.487 e. The first-order chi connectivity index (χ1) is 12.5. The van der Waals surface area contributed by atoms with Crippen LogP contribution in [0.2, 0.25) is 0 Å². The van der Waals surface area contributed by atoms with E-state index in [1.807, 2.05) is 30.3 Å². The first-order valence-electron chi connectivity index (χ1n) is 7.78. The summed E-state index contributed by atoms with van der Waals surface area (Å²) in [4.78, 5) is 23.7. The van der Waals surface area contributed by atoms with Gasteiger partial charge in [-0.3, -0.25) is 9.59 Å². The normalized spacial score (nSPS) is 11.1. The molecule has 0 saturated heterocycles. The Kier molecular flexibility index (Phi) is 6.90. The standard InChI is InChI=1S/C19H19BrO6/c1-25-18(24)19(11-22,12-23)15-7-14(9-21)17(16(20)8-15)26-10-13-5-3-2-4-6-13/h2-9,22-23H,10-12H2,1H3. The highest BCUT2D eigenvalue weighted by atomic mass is 79.9. The van der Waals surface area contributed by atoms with Crippen molar-refractivity contribution in [1.29, 1.82) is 0 Å². The molecule has 0 aliphatic rings. The molecule has 0 unspecified atom stereocenters. The molecule has 26 heavy (non-hydrogen) atoms. The molecule has 0 amide bonds. The van der Waals surface area contributed by atoms with Crippen LogP contribution in [0.4, 0.5) is 0 Å². The smallest absolute Gasteiger partial charge is 0.321 e. The van der Waals surface area contributed by atoms with Crippen LogP contribution in [0, 0.1) is 0 Å². The van der Waals surface area contributed by atoms with E-state index in [-0.39, 0.29) is 17.7 Å². The predicted molar refractivity (Wildman–Crippen MR) is 98.2 cm³/mol. The third-order valence-electron chi connectivity index (χ3n) is 4.09. The van der Waals surface area contributed by atoms with Gasteiger partial charge >= 0.3 is 5.97 Å². The molecule has 0 bridgehead atoms. The van der Waals surface area contributed by atoms with E-state index in [0.717, 1.165) is 12.7 Å². The Bertz CT molecular complexity index is 771. The van der Waals surface area contributed by atoms with Crippen LogP contribution < -0.4 is 4.74 Å². The van der Waals surface area contributed by atoms with Crippen molar-refractivity contribution in [3.63, 3.8) is 0 Å². The summed E-state index contributed by atoms with van der Waals surface area (Å²) in [6.07, 6.45) is 0.589. The van der Waals surface area contributed by atoms with Gasteiger partial charge in [-0.15, -0.1) is 0 Å². The molecule has 2 N–H and O–H groups in total. The molecule has 7 heteroatoms. The van der Waals surface area contributed by atoms with Crippen molar-refractivity contribution in [3.8, 4) is 5.75 Å². The zero-order chi connectivity index (χ0) is 19.2. The lowest BCUT2D eigenvalue weighted by Crippen LogP contribution is -2.44. The van der Waals surface area contributed by atoms with E-state index in [9.17, 15) is 19.8 Å². The fourth-order valence-corrected chi connectivity index (χ4v) is 3.13. The summed E-state index contributed by atoms with van der Waals surface area (Å²) < 4.78 is 10.9. The van der Waals surface area contributed by atoms with Crippen LogP contribution in [-0.4, -0.2) is 42.8 Å². The van der Waals surface area contributed by atoms with Gasteiger partial charge in [0.05, 0.1) is 30.4 Å². The van der Waals surface area contributed by atoms with E-state index >= 15 is 0 Å². The van der Waals surface area contributed by atoms with Crippen LogP contribution in [0.5, 0.6) is 5.75 Å². The molecule has 2 aromatic carbocycles. The Morgan fingerprint density at radius 2 is 1.85 bits per heavy atom. The van der Waals surface area contributed by atoms with Crippen LogP contribution >= 0.6 is 15.9 Å². The fourth-order valence-electron chi connectivity index (χ4n) is 2.54. The Morgan fingerprint density at radius 1 is 1.19 bits per heavy atom. The van der Waals surface area contributed by atoms with Crippen LogP contribution in [-0.2, 0) is 21.6 Å². The molecule has 0 atom stereocenters. The van der Waals surface area contributed by atoms with Crippen molar-refractivity contribution in [2.24, 2.45) is 0 Å². The van der Waals surface area contributed by atoms with Crippen LogP contribution in [0.15, 0.2) is 46.9 Å². The predicted octanol–water partition coefficient (Wildman–Crippen LogP) is 2.24. The number of halogens is 1. The topological polar surface area (TPSA) is 93.1 Å². The molecule has 0 fully saturated rings. The first kappa shape index (κ1) is 20.1. The summed E-state index contributed by atoms with van der Waals surface area (Å²) in [6, 6.07) is 12.4. The Hall–Kier alpha value is -2.22. The van der Waals surface area contributed by atoms with Gasteiger partial charge in [0.2, 0.25) is 0 Å². The third-order valence-corrected chi connectivity index (χ3v) is 4.68. The van der Waals surface area contributed by atoms with E-state index in [1.54, 1.807) is 0 Å². The van der Waals surface area contributed by atoms with Gasteiger partial charge in [0.1, 0.15) is 17.8 Å². The van der Waals surface area contributed by atoms with Crippen molar-refractivity contribution < 1.29 is 29.3 Å². The van der Waals surface area contributed by atoms with Crippen LogP contribution in [0.3, 0.4) is 0 Å². The molecule has 0 radical (unpaired) electrons. The van der Waals surface area contributed by atoms with E-state index < -0.39 is 24.6 Å². The zero-order valence-electron chi connectivity index (χ0n) is 14.1. The highest BCUT2D eigenvalue weighted by Crippen LogP contribution is 2.36. The van der Waals surface area contributed by atoms with Crippen LogP contribution in [0.1, 0.15) is 21.5 Å². The molecule has 2 rings (SSSR count). The SMILES string of the molecule is COC(=O)C(CO)(CO)c1cc(Br)c(OCc2ccccc2)c(C=O)c1. The Morgan fingerprint density at radius 3 is 2.38 bits per heavy atom. The first-order valence-corrected chi connectivity index (χ1v) is 8.57. The van der Waals surface area contributed by atoms with Crippen molar-refractivity contribution in [1.82, 2.24) is 0 Å². The summed E-state index contributed by atoms with van der Waals surface area (Å²) >= 11 is 3.33. The van der Waals surface area contributed by atoms with Gasteiger partial charge in [0.25, 0.3) is 0 Å². The van der Waals surface area contributed by atoms with Crippen molar-refractivity contribution in [2.75, 3.05) is 20.3 Å². The average molecular weight is 423 g/mol. The molecule has 0 aliphatic carbocycles. The molecule has 0 spiro atoms. The molecule has 2 aromatic rings. The summed E-state index contributed by atoms with van der Waals surface area (Å²) in [7, 11) is 1.16. The second kappa shape index (κ2) is 8.93. The zero-order valence-corrected chi connectivity index (χ0v) is 15.7. The fraction of sp³-hybridized carbons (Fsp3) is 0.263. The summed E-state index contributed by atoms with van der Waals surface area (Å²) in [5.74, 6) is -0.494. The molecule has 0 heterocycles. The number of methoxy groups -OCH3 is 1. The van der Waals surface area contributed by atoms with E-state index in [2.05, 4.69) is 15.9 Å². The molecular weight excluding hydrogens is 404 g/mol. The lowest BCUT2D eigenvalue weighted by atomic mass is 9.81. The highest BCUT2D eigenvalue weighted by Gasteiger charge is 2.41. The number of benzene rings is 2. The van der Waals surface area contributed by atoms with E-state index in [0.29, 0.717) is 16.5 Å². The summed E-state index contributed by atoms with van der Waals surface area (Å²) in [6.45, 7) is -1.10. The third kappa shape index (κ3) is 3.95. The average Bonchev–Trinajstić information content (AvgIpc) is 2.68. The Balaban J connectivity index is 2.42. The quantitative estimate of drug-likeness (QED) is 0.500. The molecule has 6 nitrogen and oxygen atoms in total. The second-order valence-corrected chi connectivity index (χ2v) is 6.51. The van der Waals surface area contributed by atoms with Crippen molar-refractivity contribution >= 4 is 28.2 Å². The Labute approximate surface area is 159 Å². The minimum absolute atomic E-state index is 0.181. The second-order valence-electron chi connectivity index (χ2n) is 5.66. The van der Waals surface area contributed by atoms with E-state index in [4.69, 9.17) is 9.47 Å². The van der Waals surface area contributed by atoms with Gasteiger partial charge < -0.3 is 19.7 Å². The number of rotatable bonds is 8. The molecule has 0 saturated carbocycles. The summed E-state index contributed by atoms with van der Waals surface area (Å²) in [5.41, 5.74) is -0.321. The maximum absolute atomic E-state index is 12.1. The molecule has 0 aliphatic heterocycles. The van der Waals surface area contributed by atoms with Gasteiger partial charge in [0, 0.05) is 0 Å². The number of esters is 1. The van der Waals surface area contributed by atoms with Crippen molar-refractivity contribution in [2.45, 2.75) is 12.0 Å². The lowest BCUT2D eigenvalue weighted by Gasteiger charge is -2.28. The minimum atomic E-state index is -1.67. The number of ether oxygens (including phenoxy) is 2. The van der Waals surface area contributed by atoms with Gasteiger partial charge in [-0.1, -0.05) is 30.3 Å². The molecule has 138 valence electrons. The van der Waals surface area contributed by atoms with Gasteiger partial charge in [0.15, 0.2) is 6.29 Å². The molecule has 0 aromatic heterocycles. The molecular formula is C19H19BrO6. The number of carbonyl (C=O) groups is 2. The van der Waals surface area contributed by atoms with Crippen LogP contribution in [0.25, 0.3) is 0 Å². The maximum Gasteiger partial charge on any atom is 0.321 e. The lowest BCUT2D eigenvalue weighted by molar-refractivity contribution is -0.151. The van der Waals surface area contributed by atoms with E-state index in [1.165, 1.54) is 12.1 Å². The van der Waals surface area contributed by atoms with Gasteiger partial charge in [-0.05, 0) is 39.2 Å². The van der Waals surface area contributed by atoms with Gasteiger partial charge in [-0.25, -0.2) is 0 Å².